The van der Waals surface area contributed by atoms with E-state index in [1.807, 2.05) is 0 Å². The van der Waals surface area contributed by atoms with Crippen LogP contribution in [0.5, 0.6) is 0 Å². The first-order valence-electron chi connectivity index (χ1n) is 6.83. The van der Waals surface area contributed by atoms with Gasteiger partial charge in [-0.1, -0.05) is 0 Å². The average Bonchev–Trinajstić information content (AvgIpc) is 2.88. The summed E-state index contributed by atoms with van der Waals surface area (Å²) in [6.45, 7) is 0.804. The van der Waals surface area contributed by atoms with E-state index in [2.05, 4.69) is 10.1 Å². The second-order valence-electron chi connectivity index (χ2n) is 5.14. The molecule has 2 heterocycles. The third kappa shape index (κ3) is 2.41. The van der Waals surface area contributed by atoms with Gasteiger partial charge in [-0.25, -0.2) is 18.3 Å². The number of nitrogens with zero attached hydrogens (tertiary/aromatic N) is 3. The molecule has 0 aliphatic carbocycles. The summed E-state index contributed by atoms with van der Waals surface area (Å²) >= 11 is 0. The summed E-state index contributed by atoms with van der Waals surface area (Å²) in [6, 6.07) is 3.75. The molecule has 0 fully saturated rings. The molecule has 0 bridgehead atoms. The minimum Gasteiger partial charge on any atom is -0.391 e. The van der Waals surface area contributed by atoms with Crippen molar-refractivity contribution in [3.05, 3.63) is 47.4 Å². The molecule has 120 valence electrons. The molecule has 0 spiro atoms. The normalized spacial score (nSPS) is 12.7. The van der Waals surface area contributed by atoms with Crippen LogP contribution in [0.4, 0.5) is 14.6 Å². The third-order valence-electron chi connectivity index (χ3n) is 3.65. The van der Waals surface area contributed by atoms with E-state index in [0.717, 1.165) is 12.1 Å². The number of rotatable bonds is 3. The van der Waals surface area contributed by atoms with E-state index in [4.69, 9.17) is 10.8 Å². The first-order chi connectivity index (χ1) is 10.9. The van der Waals surface area contributed by atoms with E-state index >= 15 is 0 Å². The molecule has 0 aliphatic rings. The lowest BCUT2D eigenvalue weighted by molar-refractivity contribution is 0.192. The Kier molecular flexibility index (Phi) is 3.70. The number of nitrogen functional groups attached to an aromatic ring is 1. The van der Waals surface area contributed by atoms with Gasteiger partial charge in [-0.15, -0.1) is 0 Å². The largest absolute Gasteiger partial charge is 0.391 e. The molecule has 4 N–H and O–H groups in total. The topological polar surface area (TPSA) is 96.7 Å². The van der Waals surface area contributed by atoms with Crippen LogP contribution in [0, 0.1) is 11.6 Å². The Morgan fingerprint density at radius 2 is 1.91 bits per heavy atom. The lowest BCUT2D eigenvalue weighted by Crippen LogP contribution is -2.04. The highest BCUT2D eigenvalue weighted by molar-refractivity contribution is 5.88. The first-order valence-corrected chi connectivity index (χ1v) is 6.83. The zero-order valence-corrected chi connectivity index (χ0v) is 12.2. The Morgan fingerprint density at radius 1 is 1.26 bits per heavy atom. The monoisotopic (exact) mass is 320 g/mol. The molecule has 1 atom stereocenters. The van der Waals surface area contributed by atoms with Crippen LogP contribution in [0.3, 0.4) is 0 Å². The number of benzene rings is 1. The second kappa shape index (κ2) is 5.56. The van der Waals surface area contributed by atoms with Gasteiger partial charge in [0.05, 0.1) is 18.4 Å². The molecule has 1 unspecified atom stereocenters. The van der Waals surface area contributed by atoms with Gasteiger partial charge in [0.25, 0.3) is 0 Å². The molecule has 0 amide bonds. The number of hydrogen-bond donors (Lipinski definition) is 3. The van der Waals surface area contributed by atoms with Crippen LogP contribution < -0.4 is 5.73 Å². The number of nitrogens with two attached hydrogens (primary N) is 1. The van der Waals surface area contributed by atoms with Crippen molar-refractivity contribution in [1.82, 2.24) is 14.6 Å². The third-order valence-corrected chi connectivity index (χ3v) is 3.65. The van der Waals surface area contributed by atoms with Gasteiger partial charge in [0.15, 0.2) is 5.82 Å². The predicted molar refractivity (Wildman–Crippen MR) is 79.3 cm³/mol. The predicted octanol–water partition coefficient (Wildman–Crippen LogP) is 1.80. The molecule has 2 aromatic heterocycles. The van der Waals surface area contributed by atoms with Crippen molar-refractivity contribution in [3.63, 3.8) is 0 Å². The van der Waals surface area contributed by atoms with E-state index in [9.17, 15) is 13.9 Å². The summed E-state index contributed by atoms with van der Waals surface area (Å²) in [6.07, 6.45) is 0.366. The average molecular weight is 320 g/mol. The number of fused-ring (bicyclic) bond motifs is 1. The first kappa shape index (κ1) is 15.3. The van der Waals surface area contributed by atoms with Gasteiger partial charge in [-0.05, 0) is 30.7 Å². The lowest BCUT2D eigenvalue weighted by atomic mass is 10.0. The summed E-state index contributed by atoms with van der Waals surface area (Å²) in [5.74, 6) is -1.61. The van der Waals surface area contributed by atoms with Gasteiger partial charge < -0.3 is 15.9 Å². The van der Waals surface area contributed by atoms with Crippen molar-refractivity contribution in [2.75, 3.05) is 5.73 Å². The summed E-state index contributed by atoms with van der Waals surface area (Å²) in [4.78, 5) is 3.88. The molecule has 23 heavy (non-hydrogen) atoms. The smallest absolute Gasteiger partial charge is 0.151 e. The number of aromatic nitrogens is 3. The van der Waals surface area contributed by atoms with Crippen molar-refractivity contribution in [3.8, 4) is 11.1 Å². The molecule has 0 radical (unpaired) electrons. The number of aliphatic hydroxyl groups excluding tert-OH is 2. The van der Waals surface area contributed by atoms with Crippen LogP contribution in [-0.4, -0.2) is 24.8 Å². The minimum absolute atomic E-state index is 0.119. The van der Waals surface area contributed by atoms with Crippen LogP contribution in [0.1, 0.15) is 24.3 Å². The van der Waals surface area contributed by atoms with E-state index in [1.165, 1.54) is 10.8 Å². The van der Waals surface area contributed by atoms with E-state index in [0.29, 0.717) is 16.8 Å². The highest BCUT2D eigenvalue weighted by atomic mass is 19.1. The number of hydrogen-bond acceptors (Lipinski definition) is 5. The maximum absolute atomic E-state index is 13.9. The molecule has 0 aliphatic heterocycles. The Bertz CT molecular complexity index is 870. The highest BCUT2D eigenvalue weighted by Gasteiger charge is 2.20. The quantitative estimate of drug-likeness (QED) is 0.684. The number of anilines is 1. The standard InChI is InChI=1S/C15H14F2N4O2/c1-7(23)13-4-9(14-15(18)19-6-20-21(13)14)8-2-11(16)10(5-22)12(17)3-8/h2-4,6-7,22-23H,5H2,1H3,(H2,18,19,20). The summed E-state index contributed by atoms with van der Waals surface area (Å²) < 4.78 is 29.3. The molecule has 8 heteroatoms. The fraction of sp³-hybridized carbons (Fsp3) is 0.200. The Morgan fingerprint density at radius 3 is 2.48 bits per heavy atom. The Hall–Kier alpha value is -2.58. The molecular formula is C15H14F2N4O2. The fourth-order valence-electron chi connectivity index (χ4n) is 2.52. The van der Waals surface area contributed by atoms with Crippen LogP contribution >= 0.6 is 0 Å². The van der Waals surface area contributed by atoms with Gasteiger partial charge in [0.2, 0.25) is 0 Å². The van der Waals surface area contributed by atoms with Gasteiger partial charge in [-0.2, -0.15) is 5.10 Å². The zero-order chi connectivity index (χ0) is 16.7. The van der Waals surface area contributed by atoms with E-state index in [-0.39, 0.29) is 11.4 Å². The van der Waals surface area contributed by atoms with Crippen molar-refractivity contribution >= 4 is 11.3 Å². The maximum atomic E-state index is 13.9. The molecule has 6 nitrogen and oxygen atoms in total. The molecule has 3 rings (SSSR count). The maximum Gasteiger partial charge on any atom is 0.151 e. The Labute approximate surface area is 129 Å². The number of halogens is 2. The summed E-state index contributed by atoms with van der Waals surface area (Å²) in [5.41, 5.74) is 6.81. The van der Waals surface area contributed by atoms with Crippen LogP contribution in [0.25, 0.3) is 16.6 Å². The SMILES string of the molecule is CC(O)c1cc(-c2cc(F)c(CO)c(F)c2)c2c(N)ncnn12. The Balaban J connectivity index is 2.33. The van der Waals surface area contributed by atoms with Crippen LogP contribution in [-0.2, 0) is 6.61 Å². The molecule has 3 aromatic rings. The van der Waals surface area contributed by atoms with E-state index < -0.39 is 29.9 Å². The number of aliphatic hydroxyl groups is 2. The van der Waals surface area contributed by atoms with E-state index in [1.54, 1.807) is 13.0 Å². The molecule has 1 aromatic carbocycles. The molecular weight excluding hydrogens is 306 g/mol. The zero-order valence-electron chi connectivity index (χ0n) is 12.2. The van der Waals surface area contributed by atoms with Crippen molar-refractivity contribution in [2.24, 2.45) is 0 Å². The van der Waals surface area contributed by atoms with Gasteiger partial charge in [0, 0.05) is 11.1 Å². The highest BCUT2D eigenvalue weighted by Crippen LogP contribution is 2.34. The van der Waals surface area contributed by atoms with Crippen molar-refractivity contribution < 1.29 is 19.0 Å². The van der Waals surface area contributed by atoms with Crippen molar-refractivity contribution in [2.45, 2.75) is 19.6 Å². The van der Waals surface area contributed by atoms with Crippen molar-refractivity contribution in [1.29, 1.82) is 0 Å². The lowest BCUT2D eigenvalue weighted by Gasteiger charge is -2.06. The van der Waals surface area contributed by atoms with Crippen LogP contribution in [0.2, 0.25) is 0 Å². The van der Waals surface area contributed by atoms with Crippen LogP contribution in [0.15, 0.2) is 24.5 Å². The molecule has 0 saturated carbocycles. The molecule has 0 saturated heterocycles. The second-order valence-corrected chi connectivity index (χ2v) is 5.14. The minimum atomic E-state index is -0.865. The summed E-state index contributed by atoms with van der Waals surface area (Å²) in [5, 5.41) is 22.9. The summed E-state index contributed by atoms with van der Waals surface area (Å²) in [7, 11) is 0. The van der Waals surface area contributed by atoms with Gasteiger partial charge in [0.1, 0.15) is 23.5 Å². The fourth-order valence-corrected chi connectivity index (χ4v) is 2.52. The van der Waals surface area contributed by atoms with Gasteiger partial charge in [-0.3, -0.25) is 0 Å². The van der Waals surface area contributed by atoms with Gasteiger partial charge >= 0.3 is 0 Å².